The maximum atomic E-state index is 12.5. The number of aliphatic hydroxyl groups excluding tert-OH is 2. The van der Waals surface area contributed by atoms with Gasteiger partial charge in [0.05, 0.1) is 44.5 Å². The topological polar surface area (TPSA) is 419 Å². The minimum absolute atomic E-state index is 0.0424. The molecule has 0 spiro atoms. The smallest absolute Gasteiger partial charge is 0.327 e. The maximum Gasteiger partial charge on any atom is 0.327 e. The Kier molecular flexibility index (Phi) is 14.6. The van der Waals surface area contributed by atoms with Crippen LogP contribution in [-0.2, 0) is 74.5 Å². The number of methoxy groups -OCH3 is 2. The average Bonchev–Trinajstić information content (AvgIpc) is 4.19. The summed E-state index contributed by atoms with van der Waals surface area (Å²) in [4.78, 5) is 71.0. The molecule has 0 aromatic carbocycles. The highest BCUT2D eigenvalue weighted by molar-refractivity contribution is 8.07. The first-order valence-corrected chi connectivity index (χ1v) is 27.6. The zero-order valence-corrected chi connectivity index (χ0v) is 41.0. The monoisotopic (exact) mass is 1080 g/mol. The summed E-state index contributed by atoms with van der Waals surface area (Å²) in [7, 11) is -0.245. The van der Waals surface area contributed by atoms with Crippen molar-refractivity contribution in [3.8, 4) is 0 Å². The molecule has 0 radical (unpaired) electrons. The van der Waals surface area contributed by atoms with Gasteiger partial charge in [-0.25, -0.2) is 44.9 Å². The second-order valence-corrected chi connectivity index (χ2v) is 23.5. The summed E-state index contributed by atoms with van der Waals surface area (Å²) in [5.41, 5.74) is 19.4. The van der Waals surface area contributed by atoms with Crippen molar-refractivity contribution in [3.05, 3.63) is 38.0 Å². The van der Waals surface area contributed by atoms with Crippen molar-refractivity contribution in [3.63, 3.8) is 0 Å². The zero-order chi connectivity index (χ0) is 49.9. The Morgan fingerprint density at radius 1 is 0.586 bits per heavy atom. The number of imidazole rings is 3. The van der Waals surface area contributed by atoms with Crippen molar-refractivity contribution in [2.24, 2.45) is 0 Å². The maximum absolute atomic E-state index is 12.5. The van der Waals surface area contributed by atoms with E-state index in [4.69, 9.17) is 87.1 Å². The molecule has 36 heteroatoms. The second-order valence-electron chi connectivity index (χ2n) is 15.8. The molecule has 3 saturated heterocycles. The molecule has 3 aliphatic rings. The molecule has 11 N–H and O–H groups in total. The van der Waals surface area contributed by atoms with Gasteiger partial charge < -0.3 is 79.3 Å². The number of aliphatic hydroxyl groups is 2. The van der Waals surface area contributed by atoms with Crippen LogP contribution in [-0.4, -0.2) is 179 Å². The predicted molar refractivity (Wildman–Crippen MR) is 246 cm³/mol. The molecule has 380 valence electrons. The number of hydrogen-bond donors (Lipinski definition) is 8. The van der Waals surface area contributed by atoms with Gasteiger partial charge in [0, 0.05) is 21.3 Å². The van der Waals surface area contributed by atoms with E-state index in [1.165, 1.54) is 65.9 Å². The Hall–Kier alpha value is -4.02. The Balaban J connectivity index is 0.940. The minimum Gasteiger partial charge on any atom is -0.387 e. The van der Waals surface area contributed by atoms with Gasteiger partial charge in [0.25, 0.3) is 0 Å². The van der Waals surface area contributed by atoms with Crippen LogP contribution in [0.2, 0.25) is 0 Å². The van der Waals surface area contributed by atoms with Crippen LogP contribution in [0.5, 0.6) is 0 Å². The molecule has 6 aromatic heterocycles. The molecule has 0 aliphatic carbocycles. The molecular formula is C34H46N15O16P3S2. The van der Waals surface area contributed by atoms with Gasteiger partial charge in [0.15, 0.2) is 53.1 Å². The molecule has 0 saturated carbocycles. The van der Waals surface area contributed by atoms with Crippen molar-refractivity contribution < 1.29 is 75.8 Å². The van der Waals surface area contributed by atoms with Crippen LogP contribution in [0.25, 0.3) is 33.5 Å². The van der Waals surface area contributed by atoms with E-state index in [0.29, 0.717) is 0 Å². The number of nitrogens with zero attached hydrogens (tertiary/aromatic N) is 12. The zero-order valence-electron chi connectivity index (χ0n) is 36.7. The lowest BCUT2D eigenvalue weighted by molar-refractivity contribution is -0.0591. The quantitative estimate of drug-likeness (QED) is 0.0458. The van der Waals surface area contributed by atoms with Gasteiger partial charge in [-0.15, -0.1) is 0 Å². The van der Waals surface area contributed by atoms with Gasteiger partial charge in [-0.1, -0.05) is 0 Å². The number of aromatic nitrogens is 12. The fourth-order valence-electron chi connectivity index (χ4n) is 8.38. The number of nitrogen functional groups attached to an aromatic ring is 3. The summed E-state index contributed by atoms with van der Waals surface area (Å²) in [6.45, 7) is -9.87. The molecule has 9 heterocycles. The van der Waals surface area contributed by atoms with Crippen molar-refractivity contribution >= 4 is 95.6 Å². The fraction of sp³-hybridized carbons (Fsp3) is 0.559. The van der Waals surface area contributed by atoms with Gasteiger partial charge in [-0.3, -0.25) is 27.3 Å². The third-order valence-electron chi connectivity index (χ3n) is 11.7. The lowest BCUT2D eigenvalue weighted by atomic mass is 10.1. The first-order chi connectivity index (χ1) is 33.3. The van der Waals surface area contributed by atoms with E-state index in [0.717, 1.165) is 7.11 Å². The van der Waals surface area contributed by atoms with E-state index >= 15 is 0 Å². The van der Waals surface area contributed by atoms with E-state index in [2.05, 4.69) is 44.9 Å². The van der Waals surface area contributed by atoms with E-state index in [9.17, 15) is 29.5 Å². The molecule has 0 bridgehead atoms. The van der Waals surface area contributed by atoms with Crippen LogP contribution in [0.15, 0.2) is 38.0 Å². The van der Waals surface area contributed by atoms with Gasteiger partial charge in [0.1, 0.15) is 84.4 Å². The Morgan fingerprint density at radius 3 is 1.43 bits per heavy atom. The van der Waals surface area contributed by atoms with Gasteiger partial charge in [-0.05, 0) is 30.0 Å². The third kappa shape index (κ3) is 9.92. The molecule has 15 atom stereocenters. The molecule has 0 amide bonds. The van der Waals surface area contributed by atoms with Crippen LogP contribution in [0, 0.1) is 0 Å². The summed E-state index contributed by atoms with van der Waals surface area (Å²) in [6.07, 6.45) is -7.69. The molecule has 70 heavy (non-hydrogen) atoms. The number of fused-ring (bicyclic) bond motifs is 3. The van der Waals surface area contributed by atoms with E-state index < -0.39 is 108 Å². The third-order valence-corrected chi connectivity index (χ3v) is 16.2. The summed E-state index contributed by atoms with van der Waals surface area (Å²) >= 11 is 11.0. The molecule has 31 nitrogen and oxygen atoms in total. The number of hydrogen-bond acceptors (Lipinski definition) is 27. The fourth-order valence-corrected chi connectivity index (χ4v) is 12.0. The Labute approximate surface area is 404 Å². The van der Waals surface area contributed by atoms with Crippen LogP contribution in [0.4, 0.5) is 17.5 Å². The minimum atomic E-state index is -4.38. The van der Waals surface area contributed by atoms with E-state index in [1.54, 1.807) is 0 Å². The predicted octanol–water partition coefficient (Wildman–Crippen LogP) is -0.844. The van der Waals surface area contributed by atoms with E-state index in [-0.39, 0.29) is 63.5 Å². The Morgan fingerprint density at radius 2 is 0.986 bits per heavy atom. The first-order valence-electron chi connectivity index (χ1n) is 20.7. The average molecular weight is 1080 g/mol. The first kappa shape index (κ1) is 50.9. The Bertz CT molecular complexity index is 3010. The molecule has 6 aromatic rings. The highest BCUT2D eigenvalue weighted by Gasteiger charge is 2.53. The van der Waals surface area contributed by atoms with Gasteiger partial charge in [0.2, 0.25) is 0 Å². The van der Waals surface area contributed by atoms with Crippen molar-refractivity contribution in [2.45, 2.75) is 80.0 Å². The highest BCUT2D eigenvalue weighted by Crippen LogP contribution is 2.54. The molecule has 3 aliphatic heterocycles. The summed E-state index contributed by atoms with van der Waals surface area (Å²) < 4.78 is 75.9. The van der Waals surface area contributed by atoms with Crippen LogP contribution in [0.1, 0.15) is 25.1 Å². The summed E-state index contributed by atoms with van der Waals surface area (Å²) in [5.74, 6) is 0.201. The lowest BCUT2D eigenvalue weighted by Crippen LogP contribution is -2.38. The standard InChI is InChI=1S/C34H46N15O16P3S2/c1-56-22-14(4-5-66(52,53)58-3)61-33(48-12-45-18-27(36)39-9-42-30(18)48)24(22)64-68(55,70)60-7-16-23(57-2)25(34(63-16)49-13-46-19-28(37)40-10-43-31(19)49)65-67(54,69)59-6-15-20(50)21(51)32(62-15)47-11-44-17-26(35)38-8-41-29(17)47/h8-16,20-25,32-34,50-51H,4-7H2,1-3H3,(H,52,53)(H,54,69)(H,55,70)(H2,35,38,41)(H2,36,39,42)(H2,37,40,43)/t14-,15-,16-,20-,21-,22-,23-,24-,25-,32-,33-,34-,67-,68-/m1/s1. The van der Waals surface area contributed by atoms with Gasteiger partial charge >= 0.3 is 21.0 Å². The number of rotatable bonds is 19. The van der Waals surface area contributed by atoms with Crippen molar-refractivity contribution in [1.82, 2.24) is 58.6 Å². The van der Waals surface area contributed by atoms with Crippen molar-refractivity contribution in [2.75, 3.05) is 57.9 Å². The van der Waals surface area contributed by atoms with Crippen LogP contribution < -0.4 is 17.2 Å². The van der Waals surface area contributed by atoms with Crippen LogP contribution >= 0.6 is 21.0 Å². The number of anilines is 3. The highest BCUT2D eigenvalue weighted by atomic mass is 32.5. The SMILES string of the molecule is CO[C@H]1[C@@H](O[P@](O)(=S)OC[C@H]2O[C@@H](n3cnc4c(N)ncnc43)[C@H](O[P@](O)(=S)OC[C@H]3O[C@@H](n4cnc5c(N)ncnc54)[C@H](O)[C@@H]3O)[C@@H]2OC)[C@H](n2cnc3c(N)ncnc32)O[C@@H]1CCP(=O)(O)OC. The normalized spacial score (nSPS) is 30.9. The number of nitrogens with two attached hydrogens (primary N) is 3. The second kappa shape index (κ2) is 20.1. The number of ether oxygens (including phenoxy) is 5. The summed E-state index contributed by atoms with van der Waals surface area (Å²) in [5, 5.41) is 22.0. The molecule has 9 rings (SSSR count). The van der Waals surface area contributed by atoms with Gasteiger partial charge in [-0.2, -0.15) is 0 Å². The van der Waals surface area contributed by atoms with Crippen LogP contribution in [0.3, 0.4) is 0 Å². The summed E-state index contributed by atoms with van der Waals surface area (Å²) in [6, 6.07) is 0. The largest absolute Gasteiger partial charge is 0.387 e. The van der Waals surface area contributed by atoms with Crippen molar-refractivity contribution in [1.29, 1.82) is 0 Å². The molecule has 1 unspecified atom stereocenters. The molecule has 3 fully saturated rings. The lowest BCUT2D eigenvalue weighted by Gasteiger charge is -2.29. The van der Waals surface area contributed by atoms with E-state index in [1.807, 2.05) is 0 Å². The molecular weight excluding hydrogens is 1030 g/mol.